The maximum absolute atomic E-state index is 14.3. The molecule has 9 nitrogen and oxygen atoms in total. The van der Waals surface area contributed by atoms with E-state index in [0.29, 0.717) is 44.1 Å². The summed E-state index contributed by atoms with van der Waals surface area (Å²) in [6.07, 6.45) is 13.7. The van der Waals surface area contributed by atoms with Crippen LogP contribution in [0, 0.1) is 58.2 Å². The summed E-state index contributed by atoms with van der Waals surface area (Å²) in [6.45, 7) is 9.69. The first-order valence-electron chi connectivity index (χ1n) is 20.3. The standard InChI is InChI=1S/C41H66N2O7/c1-5-6-7-8-9-27-22-50-36(23(27)2)37(47)39(4,48)33-14-15-41(49)29-17-30(44)28-16-31(45)32(46)20-40(28)19-24(26-12-13-34(42)43-21-26)10-11-25(35(29)40)18-38(33,41)3/h10-11,17,23-28,31-37,43,45-49H,5-9,12-16,18-22,42H2,1-4H3/p+1/t23-,24-,25-,26?,27-,28-,31+,32-,33+,34?,35-,36+,37+,38+,39+,40-,41-/m0/s1. The Morgan fingerprint density at radius 3 is 2.56 bits per heavy atom. The number of carbonyl (C=O) groups excluding carboxylic acids is 1. The predicted octanol–water partition coefficient (Wildman–Crippen LogP) is 2.96. The number of carbonyl (C=O) groups is 1. The van der Waals surface area contributed by atoms with Gasteiger partial charge in [-0.25, -0.2) is 0 Å². The first kappa shape index (κ1) is 37.2. The average molecular weight is 700 g/mol. The van der Waals surface area contributed by atoms with E-state index in [4.69, 9.17) is 10.5 Å². The molecule has 3 saturated carbocycles. The molecule has 0 aromatic heterocycles. The Morgan fingerprint density at radius 2 is 1.84 bits per heavy atom. The van der Waals surface area contributed by atoms with Gasteiger partial charge in [-0.2, -0.15) is 0 Å². The third-order valence-electron chi connectivity index (χ3n) is 16.1. The fourth-order valence-corrected chi connectivity index (χ4v) is 13.2. The van der Waals surface area contributed by atoms with Gasteiger partial charge in [-0.15, -0.1) is 0 Å². The Hall–Kier alpha value is -1.17. The second-order valence-electron chi connectivity index (χ2n) is 18.7. The van der Waals surface area contributed by atoms with Gasteiger partial charge in [-0.3, -0.25) is 10.5 Å². The summed E-state index contributed by atoms with van der Waals surface area (Å²) in [5, 5.41) is 62.0. The van der Waals surface area contributed by atoms with Gasteiger partial charge in [0.2, 0.25) is 0 Å². The van der Waals surface area contributed by atoms with Crippen molar-refractivity contribution in [3.8, 4) is 0 Å². The van der Waals surface area contributed by atoms with Crippen molar-refractivity contribution in [3.63, 3.8) is 0 Å². The van der Waals surface area contributed by atoms with Gasteiger partial charge < -0.3 is 35.6 Å². The van der Waals surface area contributed by atoms with Crippen molar-refractivity contribution in [2.45, 2.75) is 153 Å². The van der Waals surface area contributed by atoms with Crippen LogP contribution in [0.4, 0.5) is 0 Å². The molecular formula is C41H67N2O7+. The number of hydrogen-bond acceptors (Lipinski definition) is 8. The predicted molar refractivity (Wildman–Crippen MR) is 190 cm³/mol. The number of nitrogens with two attached hydrogens (primary N) is 2. The van der Waals surface area contributed by atoms with Gasteiger partial charge >= 0.3 is 0 Å². The molecule has 0 aromatic carbocycles. The highest BCUT2D eigenvalue weighted by Gasteiger charge is 2.72. The monoisotopic (exact) mass is 699 g/mol. The average Bonchev–Trinajstić information content (AvgIpc) is 3.52. The van der Waals surface area contributed by atoms with E-state index >= 15 is 0 Å². The summed E-state index contributed by atoms with van der Waals surface area (Å²) in [6, 6.07) is 0. The molecular weight excluding hydrogens is 632 g/mol. The number of allylic oxidation sites excluding steroid dienone is 3. The maximum atomic E-state index is 14.3. The molecule has 282 valence electrons. The van der Waals surface area contributed by atoms with Crippen LogP contribution >= 0.6 is 0 Å². The van der Waals surface area contributed by atoms with Crippen molar-refractivity contribution in [2.24, 2.45) is 63.9 Å². The van der Waals surface area contributed by atoms with Crippen LogP contribution in [-0.2, 0) is 9.53 Å². The van der Waals surface area contributed by atoms with Crippen molar-refractivity contribution in [3.05, 3.63) is 23.8 Å². The second kappa shape index (κ2) is 13.6. The number of piperidine rings is 1. The van der Waals surface area contributed by atoms with E-state index in [1.54, 1.807) is 13.0 Å². The smallest absolute Gasteiger partial charge is 0.159 e. The van der Waals surface area contributed by atoms with Gasteiger partial charge in [-0.05, 0) is 111 Å². The quantitative estimate of drug-likeness (QED) is 0.142. The van der Waals surface area contributed by atoms with Gasteiger partial charge in [0.05, 0.1) is 42.7 Å². The molecule has 5 fully saturated rings. The van der Waals surface area contributed by atoms with Crippen molar-refractivity contribution in [1.82, 2.24) is 0 Å². The van der Waals surface area contributed by atoms with E-state index in [-0.39, 0.29) is 42.0 Å². The normalized spacial score (nSPS) is 50.4. The number of aliphatic hydroxyl groups excluding tert-OH is 3. The number of fused-ring (bicyclic) bond motifs is 2. The zero-order chi connectivity index (χ0) is 35.8. The van der Waals surface area contributed by atoms with Crippen LogP contribution in [0.15, 0.2) is 23.8 Å². The van der Waals surface area contributed by atoms with Crippen LogP contribution < -0.4 is 11.1 Å². The molecule has 0 amide bonds. The zero-order valence-corrected chi connectivity index (χ0v) is 31.1. The highest BCUT2D eigenvalue weighted by atomic mass is 16.5. The number of quaternary nitrogens is 1. The second-order valence-corrected chi connectivity index (χ2v) is 18.7. The molecule has 0 bridgehead atoms. The Kier molecular flexibility index (Phi) is 10.1. The van der Waals surface area contributed by atoms with Crippen LogP contribution in [0.1, 0.15) is 111 Å². The molecule has 5 aliphatic carbocycles. The van der Waals surface area contributed by atoms with Crippen molar-refractivity contribution in [2.75, 3.05) is 13.2 Å². The van der Waals surface area contributed by atoms with Gasteiger partial charge in [0.15, 0.2) is 5.78 Å². The molecule has 9 N–H and O–H groups in total. The topological polar surface area (TPSA) is 170 Å². The lowest BCUT2D eigenvalue weighted by Gasteiger charge is -2.63. The summed E-state index contributed by atoms with van der Waals surface area (Å²) >= 11 is 0. The van der Waals surface area contributed by atoms with E-state index in [1.807, 2.05) is 0 Å². The number of aliphatic hydroxyl groups is 5. The van der Waals surface area contributed by atoms with Gasteiger partial charge in [0.1, 0.15) is 12.3 Å². The van der Waals surface area contributed by atoms with Crippen LogP contribution in [0.5, 0.6) is 0 Å². The van der Waals surface area contributed by atoms with Gasteiger partial charge in [0, 0.05) is 23.7 Å². The molecule has 0 radical (unpaired) electrons. The summed E-state index contributed by atoms with van der Waals surface area (Å²) in [7, 11) is 0. The van der Waals surface area contributed by atoms with Crippen molar-refractivity contribution in [1.29, 1.82) is 0 Å². The molecule has 2 unspecified atom stereocenters. The van der Waals surface area contributed by atoms with E-state index in [0.717, 1.165) is 44.2 Å². The van der Waals surface area contributed by atoms with Crippen LogP contribution in [0.3, 0.4) is 0 Å². The third kappa shape index (κ3) is 5.75. The van der Waals surface area contributed by atoms with Crippen molar-refractivity contribution < 1.29 is 40.4 Å². The molecule has 1 spiro atoms. The third-order valence-corrected chi connectivity index (χ3v) is 16.1. The first-order chi connectivity index (χ1) is 23.7. The van der Waals surface area contributed by atoms with Gasteiger partial charge in [0.25, 0.3) is 0 Å². The number of unbranched alkanes of at least 4 members (excludes halogenated alkanes) is 3. The minimum absolute atomic E-state index is 0.0212. The van der Waals surface area contributed by atoms with Crippen LogP contribution in [0.2, 0.25) is 0 Å². The molecule has 2 heterocycles. The molecule has 7 aliphatic rings. The van der Waals surface area contributed by atoms with Crippen molar-refractivity contribution >= 4 is 5.78 Å². The number of hydrogen-bond donors (Lipinski definition) is 7. The lowest BCUT2D eigenvalue weighted by molar-refractivity contribution is -0.703. The molecule has 2 aliphatic heterocycles. The summed E-state index contributed by atoms with van der Waals surface area (Å²) in [5.41, 5.74) is 2.74. The van der Waals surface area contributed by atoms with Crippen LogP contribution in [0.25, 0.3) is 0 Å². The first-order valence-corrected chi connectivity index (χ1v) is 20.3. The van der Waals surface area contributed by atoms with E-state index < -0.39 is 58.3 Å². The molecule has 7 rings (SSSR count). The Balaban J connectivity index is 1.22. The zero-order valence-electron chi connectivity index (χ0n) is 31.1. The number of ketones is 1. The number of ether oxygens (including phenoxy) is 1. The molecule has 9 heteroatoms. The minimum Gasteiger partial charge on any atom is -0.390 e. The maximum Gasteiger partial charge on any atom is 0.159 e. The highest BCUT2D eigenvalue weighted by molar-refractivity contribution is 5.95. The highest BCUT2D eigenvalue weighted by Crippen LogP contribution is 2.72. The molecule has 2 saturated heterocycles. The fraction of sp³-hybridized carbons (Fsp3) is 0.878. The SMILES string of the molecule is CCCCCC[C@H]1CO[C@@H]([C@@H](O)[C@](C)(O)[C@@H]2CC[C@]3(O)C4=CC(=O)[C@@H]5C[C@@H](O)[C@@H](O)C[C@@]56C[C@@H](C5CCC(N)[NH2+]C5)C=C[C@@H](C[C@]23C)[C@@H]46)[C@H]1C. The molecule has 17 atom stereocenters. The van der Waals surface area contributed by atoms with E-state index in [9.17, 15) is 30.3 Å². The summed E-state index contributed by atoms with van der Waals surface area (Å²) < 4.78 is 6.28. The lowest BCUT2D eigenvalue weighted by atomic mass is 9.42. The Labute approximate surface area is 299 Å². The summed E-state index contributed by atoms with van der Waals surface area (Å²) in [5.74, 6) is -0.0262. The van der Waals surface area contributed by atoms with E-state index in [1.165, 1.54) is 19.3 Å². The number of rotatable bonds is 9. The van der Waals surface area contributed by atoms with Crippen LogP contribution in [-0.4, -0.2) is 86.3 Å². The van der Waals surface area contributed by atoms with E-state index in [2.05, 4.69) is 38.2 Å². The Bertz CT molecular complexity index is 1330. The molecule has 50 heavy (non-hydrogen) atoms. The minimum atomic E-state index is -1.53. The van der Waals surface area contributed by atoms with Gasteiger partial charge in [-0.1, -0.05) is 58.6 Å². The molecule has 0 aromatic rings. The largest absolute Gasteiger partial charge is 0.390 e. The lowest BCUT2D eigenvalue weighted by Crippen LogP contribution is -2.95. The summed E-state index contributed by atoms with van der Waals surface area (Å²) in [4.78, 5) is 14.3. The fourth-order valence-electron chi connectivity index (χ4n) is 13.2. The Morgan fingerprint density at radius 1 is 1.08 bits per heavy atom.